The normalized spacial score (nSPS) is 10.8. The van der Waals surface area contributed by atoms with Gasteiger partial charge in [0.25, 0.3) is 0 Å². The smallest absolute Gasteiger partial charge is 0.338 e. The number of benzene rings is 1. The molecule has 0 radical (unpaired) electrons. The highest BCUT2D eigenvalue weighted by Gasteiger charge is 2.10. The molecule has 1 N–H and O–H groups in total. The first kappa shape index (κ1) is 13.3. The van der Waals surface area contributed by atoms with Crippen LogP contribution in [0.15, 0.2) is 36.4 Å². The molecule has 5 nitrogen and oxygen atoms in total. The summed E-state index contributed by atoms with van der Waals surface area (Å²) in [5.74, 6) is 0.360. The van der Waals surface area contributed by atoms with Crippen LogP contribution in [0, 0.1) is 6.92 Å². The van der Waals surface area contributed by atoms with Crippen LogP contribution >= 0.6 is 0 Å². The van der Waals surface area contributed by atoms with Crippen molar-refractivity contribution < 1.29 is 9.53 Å². The topological polar surface area (TPSA) is 67.9 Å². The Hall–Kier alpha value is -2.69. The van der Waals surface area contributed by atoms with Gasteiger partial charge in [-0.1, -0.05) is 12.1 Å². The van der Waals surface area contributed by atoms with E-state index >= 15 is 0 Å². The molecule has 0 aliphatic rings. The zero-order valence-corrected chi connectivity index (χ0v) is 11.9. The van der Waals surface area contributed by atoms with Crippen LogP contribution in [0.3, 0.4) is 0 Å². The maximum Gasteiger partial charge on any atom is 0.338 e. The van der Waals surface area contributed by atoms with Crippen LogP contribution in [-0.2, 0) is 4.74 Å². The number of nitrogens with zero attached hydrogens (tertiary/aromatic N) is 2. The largest absolute Gasteiger partial charge is 0.462 e. The summed E-state index contributed by atoms with van der Waals surface area (Å²) in [4.78, 5) is 23.8. The molecule has 0 saturated heterocycles. The second-order valence-corrected chi connectivity index (χ2v) is 4.71. The molecule has 0 saturated carbocycles. The van der Waals surface area contributed by atoms with Crippen molar-refractivity contribution in [2.24, 2.45) is 0 Å². The van der Waals surface area contributed by atoms with Gasteiger partial charge < -0.3 is 9.72 Å². The molecule has 5 heteroatoms. The minimum atomic E-state index is -0.329. The number of imidazole rings is 1. The number of rotatable bonds is 3. The lowest BCUT2D eigenvalue weighted by Gasteiger charge is -2.03. The Morgan fingerprint density at radius 1 is 1.24 bits per heavy atom. The number of ether oxygens (including phenoxy) is 1. The Balaban J connectivity index is 2.02. The summed E-state index contributed by atoms with van der Waals surface area (Å²) in [6.45, 7) is 4.07. The molecule has 2 aromatic heterocycles. The number of hydrogen-bond acceptors (Lipinski definition) is 4. The van der Waals surface area contributed by atoms with Crippen LogP contribution in [0.4, 0.5) is 0 Å². The molecule has 0 spiro atoms. The minimum Gasteiger partial charge on any atom is -0.462 e. The Bertz CT molecular complexity index is 808. The third kappa shape index (κ3) is 2.63. The second-order valence-electron chi connectivity index (χ2n) is 4.71. The molecule has 0 aliphatic carbocycles. The summed E-state index contributed by atoms with van der Waals surface area (Å²) in [5, 5.41) is 0. The van der Waals surface area contributed by atoms with Crippen LogP contribution in [0.1, 0.15) is 23.0 Å². The van der Waals surface area contributed by atoms with Gasteiger partial charge in [0.05, 0.1) is 17.7 Å². The summed E-state index contributed by atoms with van der Waals surface area (Å²) >= 11 is 0. The van der Waals surface area contributed by atoms with Crippen LogP contribution in [0.2, 0.25) is 0 Å². The van der Waals surface area contributed by atoms with Gasteiger partial charge in [0.15, 0.2) is 5.65 Å². The van der Waals surface area contributed by atoms with Crippen molar-refractivity contribution in [2.45, 2.75) is 13.8 Å². The first-order valence-corrected chi connectivity index (χ1v) is 6.78. The van der Waals surface area contributed by atoms with Crippen molar-refractivity contribution >= 4 is 17.1 Å². The predicted molar refractivity (Wildman–Crippen MR) is 80.0 cm³/mol. The number of aromatic amines is 1. The summed E-state index contributed by atoms with van der Waals surface area (Å²) in [6, 6.07) is 11.1. The molecule has 0 amide bonds. The van der Waals surface area contributed by atoms with E-state index in [-0.39, 0.29) is 5.97 Å². The van der Waals surface area contributed by atoms with Crippen molar-refractivity contribution in [3.63, 3.8) is 0 Å². The summed E-state index contributed by atoms with van der Waals surface area (Å²) in [5.41, 5.74) is 3.81. The zero-order chi connectivity index (χ0) is 14.8. The van der Waals surface area contributed by atoms with Crippen LogP contribution < -0.4 is 0 Å². The molecule has 2 heterocycles. The fourth-order valence-electron chi connectivity index (χ4n) is 2.13. The Morgan fingerprint density at radius 2 is 2.10 bits per heavy atom. The van der Waals surface area contributed by atoms with Gasteiger partial charge in [-0.15, -0.1) is 0 Å². The van der Waals surface area contributed by atoms with E-state index in [1.807, 2.05) is 31.2 Å². The van der Waals surface area contributed by atoms with Crippen LogP contribution in [0.25, 0.3) is 22.6 Å². The zero-order valence-electron chi connectivity index (χ0n) is 11.9. The number of aryl methyl sites for hydroxylation is 1. The minimum absolute atomic E-state index is 0.329. The lowest BCUT2D eigenvalue weighted by Crippen LogP contribution is -2.04. The van der Waals surface area contributed by atoms with Gasteiger partial charge >= 0.3 is 5.97 Å². The van der Waals surface area contributed by atoms with Crippen molar-refractivity contribution in [3.8, 4) is 11.4 Å². The van der Waals surface area contributed by atoms with Gasteiger partial charge in [0, 0.05) is 11.3 Å². The molecule has 3 rings (SSSR count). The fourth-order valence-corrected chi connectivity index (χ4v) is 2.13. The molecule has 0 bridgehead atoms. The number of aromatic nitrogens is 3. The maximum atomic E-state index is 11.8. The number of fused-ring (bicyclic) bond motifs is 1. The summed E-state index contributed by atoms with van der Waals surface area (Å²) in [7, 11) is 0. The number of carbonyl (C=O) groups excluding carboxylic acids is 1. The molecule has 0 aliphatic heterocycles. The average molecular weight is 281 g/mol. The highest BCUT2D eigenvalue weighted by molar-refractivity contribution is 5.91. The Kier molecular flexibility index (Phi) is 3.39. The van der Waals surface area contributed by atoms with Gasteiger partial charge in [-0.25, -0.2) is 14.8 Å². The lowest BCUT2D eigenvalue weighted by molar-refractivity contribution is 0.0526. The number of hydrogen-bond donors (Lipinski definition) is 1. The highest BCUT2D eigenvalue weighted by atomic mass is 16.5. The van der Waals surface area contributed by atoms with E-state index in [1.54, 1.807) is 19.1 Å². The number of pyridine rings is 1. The molecule has 106 valence electrons. The van der Waals surface area contributed by atoms with Crippen molar-refractivity contribution in [2.75, 3.05) is 6.61 Å². The first-order valence-electron chi connectivity index (χ1n) is 6.78. The van der Waals surface area contributed by atoms with Gasteiger partial charge in [-0.2, -0.15) is 0 Å². The Morgan fingerprint density at radius 3 is 2.90 bits per heavy atom. The van der Waals surface area contributed by atoms with E-state index < -0.39 is 0 Å². The molecule has 0 fully saturated rings. The van der Waals surface area contributed by atoms with E-state index in [9.17, 15) is 4.79 Å². The highest BCUT2D eigenvalue weighted by Crippen LogP contribution is 2.21. The van der Waals surface area contributed by atoms with E-state index in [0.29, 0.717) is 23.6 Å². The maximum absolute atomic E-state index is 11.8. The molecular formula is C16H15N3O2. The molecule has 0 unspecified atom stereocenters. The van der Waals surface area contributed by atoms with Crippen molar-refractivity contribution in [3.05, 3.63) is 47.7 Å². The standard InChI is InChI=1S/C16H15N3O2/c1-3-21-16(20)12-6-4-5-11(9-12)14-18-13-8-7-10(2)17-15(13)19-14/h4-9H,3H2,1-2H3,(H,17,18,19). The molecule has 3 aromatic rings. The predicted octanol–water partition coefficient (Wildman–Crippen LogP) is 3.11. The van der Waals surface area contributed by atoms with Gasteiger partial charge in [0.1, 0.15) is 5.82 Å². The molecule has 21 heavy (non-hydrogen) atoms. The quantitative estimate of drug-likeness (QED) is 0.749. The van der Waals surface area contributed by atoms with Crippen LogP contribution in [-0.4, -0.2) is 27.5 Å². The number of H-pyrrole nitrogens is 1. The van der Waals surface area contributed by atoms with Gasteiger partial charge in [0.2, 0.25) is 0 Å². The van der Waals surface area contributed by atoms with Crippen LogP contribution in [0.5, 0.6) is 0 Å². The third-order valence-corrected chi connectivity index (χ3v) is 3.13. The first-order chi connectivity index (χ1) is 10.2. The average Bonchev–Trinajstić information content (AvgIpc) is 2.90. The fraction of sp³-hybridized carbons (Fsp3) is 0.188. The van der Waals surface area contributed by atoms with Crippen molar-refractivity contribution in [1.82, 2.24) is 15.0 Å². The molecule has 1 aromatic carbocycles. The summed E-state index contributed by atoms with van der Waals surface area (Å²) in [6.07, 6.45) is 0. The van der Waals surface area contributed by atoms with E-state index in [2.05, 4.69) is 15.0 Å². The number of esters is 1. The van der Waals surface area contributed by atoms with E-state index in [1.165, 1.54) is 0 Å². The lowest BCUT2D eigenvalue weighted by atomic mass is 10.1. The van der Waals surface area contributed by atoms with Gasteiger partial charge in [-0.3, -0.25) is 0 Å². The monoisotopic (exact) mass is 281 g/mol. The third-order valence-electron chi connectivity index (χ3n) is 3.13. The number of nitrogens with one attached hydrogen (secondary N) is 1. The van der Waals surface area contributed by atoms with Gasteiger partial charge in [-0.05, 0) is 38.1 Å². The Labute approximate surface area is 122 Å². The molecular weight excluding hydrogens is 266 g/mol. The van der Waals surface area contributed by atoms with E-state index in [0.717, 1.165) is 16.8 Å². The SMILES string of the molecule is CCOC(=O)c1cccc(-c2nc3nc(C)ccc3[nH]2)c1. The molecule has 0 atom stereocenters. The second kappa shape index (κ2) is 5.36. The van der Waals surface area contributed by atoms with E-state index in [4.69, 9.17) is 4.74 Å². The number of carbonyl (C=O) groups is 1. The summed E-state index contributed by atoms with van der Waals surface area (Å²) < 4.78 is 5.01. The van der Waals surface area contributed by atoms with Crippen molar-refractivity contribution in [1.29, 1.82) is 0 Å².